The average molecular weight is 411 g/mol. The average Bonchev–Trinajstić information content (AvgIpc) is 2.77. The summed E-state index contributed by atoms with van der Waals surface area (Å²) in [6, 6.07) is 15.1. The number of urea groups is 1. The monoisotopic (exact) mass is 410 g/mol. The summed E-state index contributed by atoms with van der Waals surface area (Å²) in [5.74, 6) is -1.23. The number of carbonyl (C=O) groups is 2. The molecule has 0 aliphatic rings. The maximum atomic E-state index is 12.4. The van der Waals surface area contributed by atoms with Crippen LogP contribution in [0.1, 0.15) is 38.2 Å². The number of benzene rings is 2. The molecule has 2 rings (SSSR count). The zero-order valence-corrected chi connectivity index (χ0v) is 17.9. The SMILES string of the molecule is CCCCCCNC(=O)N(C)c1cccc(-c2ccc(/C=C(/OC)C(=O)O)cc2)c1. The molecule has 0 fully saturated rings. The third-order valence-corrected chi connectivity index (χ3v) is 4.82. The fourth-order valence-electron chi connectivity index (χ4n) is 3.01. The molecule has 0 aliphatic carbocycles. The van der Waals surface area contributed by atoms with Crippen molar-refractivity contribution in [1.29, 1.82) is 0 Å². The Kier molecular flexibility index (Phi) is 8.94. The van der Waals surface area contributed by atoms with Gasteiger partial charge in [-0.1, -0.05) is 62.6 Å². The third kappa shape index (κ3) is 6.65. The lowest BCUT2D eigenvalue weighted by Gasteiger charge is -2.19. The molecule has 0 unspecified atom stereocenters. The number of carboxylic acid groups (broad SMARTS) is 1. The number of carbonyl (C=O) groups excluding carboxylic acids is 1. The Morgan fingerprint density at radius 1 is 1.07 bits per heavy atom. The number of aliphatic carboxylic acids is 1. The summed E-state index contributed by atoms with van der Waals surface area (Å²) in [4.78, 5) is 25.1. The molecule has 2 aromatic carbocycles. The lowest BCUT2D eigenvalue weighted by molar-refractivity contribution is -0.135. The zero-order chi connectivity index (χ0) is 21.9. The predicted octanol–water partition coefficient (Wildman–Crippen LogP) is 5.15. The van der Waals surface area contributed by atoms with E-state index in [9.17, 15) is 9.59 Å². The van der Waals surface area contributed by atoms with Crippen molar-refractivity contribution >= 4 is 23.8 Å². The lowest BCUT2D eigenvalue weighted by atomic mass is 10.0. The van der Waals surface area contributed by atoms with E-state index in [1.54, 1.807) is 11.9 Å². The summed E-state index contributed by atoms with van der Waals surface area (Å²) < 4.78 is 4.86. The number of hydrogen-bond donors (Lipinski definition) is 2. The van der Waals surface area contributed by atoms with Crippen LogP contribution in [-0.2, 0) is 9.53 Å². The Labute approximate surface area is 178 Å². The van der Waals surface area contributed by atoms with Crippen LogP contribution in [0.4, 0.5) is 10.5 Å². The van der Waals surface area contributed by atoms with Crippen LogP contribution in [0, 0.1) is 0 Å². The predicted molar refractivity (Wildman–Crippen MR) is 120 cm³/mol. The lowest BCUT2D eigenvalue weighted by Crippen LogP contribution is -2.37. The minimum atomic E-state index is -1.11. The number of anilines is 1. The van der Waals surface area contributed by atoms with Gasteiger partial charge in [-0.2, -0.15) is 0 Å². The minimum absolute atomic E-state index is 0.118. The second-order valence-corrected chi connectivity index (χ2v) is 7.04. The molecule has 6 nitrogen and oxygen atoms in total. The molecule has 30 heavy (non-hydrogen) atoms. The summed E-state index contributed by atoms with van der Waals surface area (Å²) in [7, 11) is 3.09. The van der Waals surface area contributed by atoms with E-state index in [-0.39, 0.29) is 11.8 Å². The molecule has 2 aromatic rings. The molecule has 0 saturated carbocycles. The van der Waals surface area contributed by atoms with Gasteiger partial charge in [0.15, 0.2) is 0 Å². The van der Waals surface area contributed by atoms with Crippen LogP contribution in [-0.4, -0.2) is 37.8 Å². The highest BCUT2D eigenvalue weighted by Gasteiger charge is 2.11. The zero-order valence-electron chi connectivity index (χ0n) is 17.9. The summed E-state index contributed by atoms with van der Waals surface area (Å²) in [6.45, 7) is 2.84. The van der Waals surface area contributed by atoms with Crippen molar-refractivity contribution in [2.75, 3.05) is 25.6 Å². The second-order valence-electron chi connectivity index (χ2n) is 7.04. The van der Waals surface area contributed by atoms with Gasteiger partial charge in [0.25, 0.3) is 0 Å². The summed E-state index contributed by atoms with van der Waals surface area (Å²) >= 11 is 0. The Morgan fingerprint density at radius 3 is 2.43 bits per heavy atom. The van der Waals surface area contributed by atoms with Crippen LogP contribution in [0.25, 0.3) is 17.2 Å². The van der Waals surface area contributed by atoms with Gasteiger partial charge < -0.3 is 15.2 Å². The van der Waals surface area contributed by atoms with E-state index in [1.165, 1.54) is 26.0 Å². The first-order chi connectivity index (χ1) is 14.5. The fraction of sp³-hybridized carbons (Fsp3) is 0.333. The van der Waals surface area contributed by atoms with Gasteiger partial charge in [0, 0.05) is 19.3 Å². The molecule has 2 N–H and O–H groups in total. The largest absolute Gasteiger partial charge is 0.490 e. The van der Waals surface area contributed by atoms with Crippen molar-refractivity contribution in [3.05, 3.63) is 59.9 Å². The van der Waals surface area contributed by atoms with Gasteiger partial charge in [-0.15, -0.1) is 0 Å². The molecule has 6 heteroatoms. The highest BCUT2D eigenvalue weighted by atomic mass is 16.5. The van der Waals surface area contributed by atoms with Crippen molar-refractivity contribution < 1.29 is 19.4 Å². The highest BCUT2D eigenvalue weighted by Crippen LogP contribution is 2.25. The van der Waals surface area contributed by atoms with E-state index in [0.717, 1.165) is 35.2 Å². The van der Waals surface area contributed by atoms with Crippen LogP contribution in [0.15, 0.2) is 54.3 Å². The fourth-order valence-corrected chi connectivity index (χ4v) is 3.01. The molecule has 0 saturated heterocycles. The number of unbranched alkanes of at least 4 members (excludes halogenated alkanes) is 3. The second kappa shape index (κ2) is 11.7. The Balaban J connectivity index is 2.07. The first-order valence-electron chi connectivity index (χ1n) is 10.2. The molecule has 0 aromatic heterocycles. The summed E-state index contributed by atoms with van der Waals surface area (Å²) in [5, 5.41) is 12.0. The minimum Gasteiger partial charge on any atom is -0.490 e. The maximum absolute atomic E-state index is 12.4. The van der Waals surface area contributed by atoms with E-state index >= 15 is 0 Å². The maximum Gasteiger partial charge on any atom is 0.371 e. The standard InChI is InChI=1S/C24H30N2O4/c1-4-5-6-7-15-25-24(29)26(2)21-10-8-9-20(17-21)19-13-11-18(12-14-19)16-22(30-3)23(27)28/h8-14,16-17H,4-7,15H2,1-3H3,(H,25,29)(H,27,28)/b22-16+. The smallest absolute Gasteiger partial charge is 0.371 e. The van der Waals surface area contributed by atoms with Gasteiger partial charge in [0.1, 0.15) is 0 Å². The molecule has 0 heterocycles. The number of nitrogens with one attached hydrogen (secondary N) is 1. The van der Waals surface area contributed by atoms with Gasteiger partial charge >= 0.3 is 12.0 Å². The van der Waals surface area contributed by atoms with Crippen LogP contribution >= 0.6 is 0 Å². The van der Waals surface area contributed by atoms with Gasteiger partial charge in [-0.25, -0.2) is 9.59 Å². The van der Waals surface area contributed by atoms with Crippen LogP contribution in [0.2, 0.25) is 0 Å². The van der Waals surface area contributed by atoms with Crippen molar-refractivity contribution in [1.82, 2.24) is 5.32 Å². The molecule has 0 bridgehead atoms. The molecular formula is C24H30N2O4. The molecule has 2 amide bonds. The third-order valence-electron chi connectivity index (χ3n) is 4.82. The van der Waals surface area contributed by atoms with E-state index in [1.807, 2.05) is 48.5 Å². The first kappa shape index (κ1) is 23.0. The summed E-state index contributed by atoms with van der Waals surface area (Å²) in [6.07, 6.45) is 5.94. The number of ether oxygens (including phenoxy) is 1. The van der Waals surface area contributed by atoms with E-state index in [0.29, 0.717) is 6.54 Å². The van der Waals surface area contributed by atoms with Gasteiger partial charge in [-0.3, -0.25) is 4.90 Å². The van der Waals surface area contributed by atoms with Crippen molar-refractivity contribution in [2.45, 2.75) is 32.6 Å². The van der Waals surface area contributed by atoms with Crippen molar-refractivity contribution in [3.63, 3.8) is 0 Å². The molecule has 0 radical (unpaired) electrons. The Hall–Kier alpha value is -3.28. The molecular weight excluding hydrogens is 380 g/mol. The van der Waals surface area contributed by atoms with Gasteiger partial charge in [0.2, 0.25) is 5.76 Å². The number of carboxylic acids is 1. The number of nitrogens with zero attached hydrogens (tertiary/aromatic N) is 1. The molecule has 160 valence electrons. The first-order valence-corrected chi connectivity index (χ1v) is 10.2. The van der Waals surface area contributed by atoms with Crippen molar-refractivity contribution in [2.24, 2.45) is 0 Å². The van der Waals surface area contributed by atoms with E-state index in [2.05, 4.69) is 12.2 Å². The summed E-state index contributed by atoms with van der Waals surface area (Å²) in [5.41, 5.74) is 3.47. The number of rotatable bonds is 10. The Morgan fingerprint density at radius 2 is 1.80 bits per heavy atom. The normalized spacial score (nSPS) is 11.1. The molecule has 0 aliphatic heterocycles. The van der Waals surface area contributed by atoms with Crippen LogP contribution < -0.4 is 10.2 Å². The van der Waals surface area contributed by atoms with Crippen molar-refractivity contribution in [3.8, 4) is 11.1 Å². The number of hydrogen-bond acceptors (Lipinski definition) is 3. The molecule has 0 atom stereocenters. The van der Waals surface area contributed by atoms with Gasteiger partial charge in [-0.05, 0) is 41.3 Å². The molecule has 0 spiro atoms. The van der Waals surface area contributed by atoms with E-state index in [4.69, 9.17) is 9.84 Å². The Bertz CT molecular complexity index is 875. The quantitative estimate of drug-likeness (QED) is 0.322. The topological polar surface area (TPSA) is 78.9 Å². The number of methoxy groups -OCH3 is 1. The highest BCUT2D eigenvalue weighted by molar-refractivity contribution is 5.92. The van der Waals surface area contributed by atoms with E-state index < -0.39 is 5.97 Å². The van der Waals surface area contributed by atoms with Crippen LogP contribution in [0.5, 0.6) is 0 Å². The van der Waals surface area contributed by atoms with Gasteiger partial charge in [0.05, 0.1) is 7.11 Å². The number of amides is 2. The van der Waals surface area contributed by atoms with Crippen LogP contribution in [0.3, 0.4) is 0 Å².